The molecule has 1 N–H and O–H groups in total. The number of ether oxygens (including phenoxy) is 4. The maximum atomic E-state index is 15.0. The lowest BCUT2D eigenvalue weighted by molar-refractivity contribution is -0.261. The van der Waals surface area contributed by atoms with E-state index in [2.05, 4.69) is 0 Å². The summed E-state index contributed by atoms with van der Waals surface area (Å²) in [6, 6.07) is 1.86. The van der Waals surface area contributed by atoms with Gasteiger partial charge in [0.2, 0.25) is 0 Å². The standard InChI is InChI=1S/C31H38O10/c1-15(32)38-22-13-20-27(4,10-8-21(35)30(20,7)40-17(3)34)25-24(36)26(39-16(2)33)28(5)19(18-9-11-37-14-18)12-23-31(28,41-23)29(22,25)6/h8-11,14,19-23,25-26,35H,12-13H2,1-7H3/t19-,20+,21+,22+,23+,25+,26-,27-,28+,29+,30+,31-/m0/s1. The van der Waals surface area contributed by atoms with E-state index in [1.807, 2.05) is 32.9 Å². The fourth-order valence-electron chi connectivity index (χ4n) is 10.1. The number of rotatable bonds is 4. The van der Waals surface area contributed by atoms with Gasteiger partial charge in [0.1, 0.15) is 23.4 Å². The molecule has 6 rings (SSSR count). The van der Waals surface area contributed by atoms with Crippen molar-refractivity contribution in [2.45, 2.75) is 103 Å². The fraction of sp³-hybridized carbons (Fsp3) is 0.677. The highest BCUT2D eigenvalue weighted by Crippen LogP contribution is 2.82. The number of carbonyl (C=O) groups is 4. The summed E-state index contributed by atoms with van der Waals surface area (Å²) < 4.78 is 29.9. The van der Waals surface area contributed by atoms with Crippen LogP contribution in [-0.2, 0) is 38.1 Å². The highest BCUT2D eigenvalue weighted by molar-refractivity contribution is 5.93. The second-order valence-corrected chi connectivity index (χ2v) is 13.4. The van der Waals surface area contributed by atoms with E-state index in [1.54, 1.807) is 25.5 Å². The number of esters is 3. The summed E-state index contributed by atoms with van der Waals surface area (Å²) in [5.74, 6) is -3.72. The van der Waals surface area contributed by atoms with Gasteiger partial charge in [0, 0.05) is 49.4 Å². The van der Waals surface area contributed by atoms with E-state index in [0.29, 0.717) is 6.42 Å². The molecule has 222 valence electrons. The molecule has 10 nitrogen and oxygen atoms in total. The van der Waals surface area contributed by atoms with E-state index in [-0.39, 0.29) is 24.2 Å². The molecule has 0 aromatic carbocycles. The maximum absolute atomic E-state index is 15.0. The second-order valence-electron chi connectivity index (χ2n) is 13.4. The predicted octanol–water partition coefficient (Wildman–Crippen LogP) is 3.26. The Morgan fingerprint density at radius 2 is 1.66 bits per heavy atom. The van der Waals surface area contributed by atoms with Crippen LogP contribution in [0.3, 0.4) is 0 Å². The number of Topliss-reactive ketones (excluding diaryl/α,β-unsaturated/α-hetero) is 1. The Balaban J connectivity index is 1.60. The van der Waals surface area contributed by atoms with Crippen molar-refractivity contribution >= 4 is 23.7 Å². The Morgan fingerprint density at radius 3 is 2.24 bits per heavy atom. The van der Waals surface area contributed by atoms with Gasteiger partial charge in [0.05, 0.1) is 24.0 Å². The second kappa shape index (κ2) is 8.53. The Labute approximate surface area is 238 Å². The molecular formula is C31H38O10. The van der Waals surface area contributed by atoms with Crippen molar-refractivity contribution in [1.82, 2.24) is 0 Å². The largest absolute Gasteiger partial charge is 0.472 e. The molecule has 0 bridgehead atoms. The fourth-order valence-corrected chi connectivity index (χ4v) is 10.1. The van der Waals surface area contributed by atoms with Gasteiger partial charge >= 0.3 is 17.9 Å². The van der Waals surface area contributed by atoms with Gasteiger partial charge in [-0.2, -0.15) is 0 Å². The third-order valence-corrected chi connectivity index (χ3v) is 11.5. The number of hydrogen-bond donors (Lipinski definition) is 1. The lowest BCUT2D eigenvalue weighted by atomic mass is 9.36. The first-order chi connectivity index (χ1) is 19.1. The Morgan fingerprint density at radius 1 is 0.976 bits per heavy atom. The van der Waals surface area contributed by atoms with Crippen LogP contribution in [-0.4, -0.2) is 64.4 Å². The summed E-state index contributed by atoms with van der Waals surface area (Å²) in [6.07, 6.45) is 3.96. The molecule has 5 aliphatic rings. The average Bonchev–Trinajstić information content (AvgIpc) is 3.22. The van der Waals surface area contributed by atoms with Crippen LogP contribution < -0.4 is 0 Å². The molecule has 0 radical (unpaired) electrons. The lowest BCUT2D eigenvalue weighted by Crippen LogP contribution is -2.77. The van der Waals surface area contributed by atoms with E-state index >= 15 is 4.79 Å². The number of aliphatic hydroxyl groups is 1. The monoisotopic (exact) mass is 570 g/mol. The van der Waals surface area contributed by atoms with Crippen molar-refractivity contribution < 1.29 is 47.6 Å². The van der Waals surface area contributed by atoms with Gasteiger partial charge < -0.3 is 28.5 Å². The number of aliphatic hydroxyl groups excluding tert-OH is 1. The zero-order chi connectivity index (χ0) is 29.9. The zero-order valence-electron chi connectivity index (χ0n) is 24.5. The van der Waals surface area contributed by atoms with Crippen molar-refractivity contribution in [2.75, 3.05) is 0 Å². The van der Waals surface area contributed by atoms with Crippen molar-refractivity contribution in [3.63, 3.8) is 0 Å². The molecule has 10 heteroatoms. The summed E-state index contributed by atoms with van der Waals surface area (Å²) in [6.45, 7) is 11.3. The zero-order valence-corrected chi connectivity index (χ0v) is 24.5. The van der Waals surface area contributed by atoms with Gasteiger partial charge in [-0.15, -0.1) is 0 Å². The molecule has 12 atom stereocenters. The molecule has 4 fully saturated rings. The van der Waals surface area contributed by atoms with Crippen molar-refractivity contribution in [1.29, 1.82) is 0 Å². The van der Waals surface area contributed by atoms with Crippen LogP contribution in [0.2, 0.25) is 0 Å². The first-order valence-electron chi connectivity index (χ1n) is 14.2. The number of ketones is 1. The number of allylic oxidation sites excluding steroid dienone is 1. The van der Waals surface area contributed by atoms with Crippen LogP contribution in [0.5, 0.6) is 0 Å². The normalized spacial score (nSPS) is 49.2. The number of epoxide rings is 1. The van der Waals surface area contributed by atoms with E-state index in [1.165, 1.54) is 20.8 Å². The Hall–Kier alpha value is -2.98. The molecule has 4 aliphatic carbocycles. The number of fused-ring (bicyclic) bond motifs is 3. The quantitative estimate of drug-likeness (QED) is 0.248. The van der Waals surface area contributed by atoms with E-state index in [9.17, 15) is 19.5 Å². The number of hydrogen-bond acceptors (Lipinski definition) is 10. The lowest BCUT2D eigenvalue weighted by Gasteiger charge is -2.68. The van der Waals surface area contributed by atoms with Crippen molar-refractivity contribution in [3.8, 4) is 0 Å². The molecule has 0 amide bonds. The molecule has 1 aromatic rings. The molecule has 1 saturated heterocycles. The molecule has 0 unspecified atom stereocenters. The van der Waals surface area contributed by atoms with Gasteiger partial charge in [-0.05, 0) is 31.4 Å². The third-order valence-electron chi connectivity index (χ3n) is 11.5. The summed E-state index contributed by atoms with van der Waals surface area (Å²) in [4.78, 5) is 52.5. The van der Waals surface area contributed by atoms with Crippen LogP contribution in [0.15, 0.2) is 35.2 Å². The number of furan rings is 1. The van der Waals surface area contributed by atoms with E-state index < -0.39 is 75.5 Å². The van der Waals surface area contributed by atoms with Crippen LogP contribution >= 0.6 is 0 Å². The van der Waals surface area contributed by atoms with Gasteiger partial charge in [0.25, 0.3) is 0 Å². The van der Waals surface area contributed by atoms with Crippen molar-refractivity contribution in [3.05, 3.63) is 36.3 Å². The first-order valence-corrected chi connectivity index (χ1v) is 14.2. The van der Waals surface area contributed by atoms with Crippen LogP contribution in [0.25, 0.3) is 0 Å². The van der Waals surface area contributed by atoms with Crippen LogP contribution in [0.1, 0.15) is 72.8 Å². The minimum Gasteiger partial charge on any atom is -0.472 e. The number of carbonyl (C=O) groups excluding carboxylic acids is 4. The van der Waals surface area contributed by atoms with Crippen LogP contribution in [0, 0.1) is 28.1 Å². The summed E-state index contributed by atoms with van der Waals surface area (Å²) in [5.41, 5.74) is -4.57. The minimum atomic E-state index is -1.41. The van der Waals surface area contributed by atoms with Gasteiger partial charge in [-0.25, -0.2) is 0 Å². The third kappa shape index (κ3) is 3.26. The molecule has 41 heavy (non-hydrogen) atoms. The smallest absolute Gasteiger partial charge is 0.303 e. The summed E-state index contributed by atoms with van der Waals surface area (Å²) >= 11 is 0. The predicted molar refractivity (Wildman–Crippen MR) is 141 cm³/mol. The SMILES string of the molecule is CC(=O)O[C@@H]1C[C@@H]2[C@](C)(C=C[C@@H](O)[C@]2(C)OC(C)=O)[C@H]2C(=O)[C@H](OC(C)=O)[C@@]3(C)[C@H](c4ccoc4)C[C@H]4O[C@@]43[C@@]21C. The summed E-state index contributed by atoms with van der Waals surface area (Å²) in [7, 11) is 0. The van der Waals surface area contributed by atoms with Gasteiger partial charge in [-0.3, -0.25) is 19.2 Å². The topological polar surface area (TPSA) is 142 Å². The Bertz CT molecular complexity index is 1350. The van der Waals surface area contributed by atoms with E-state index in [0.717, 1.165) is 5.56 Å². The first kappa shape index (κ1) is 28.2. The van der Waals surface area contributed by atoms with Gasteiger partial charge in [0.15, 0.2) is 11.9 Å². The van der Waals surface area contributed by atoms with Gasteiger partial charge in [-0.1, -0.05) is 32.9 Å². The Kier molecular flexibility index (Phi) is 5.86. The molecule has 1 spiro atoms. The molecule has 1 aliphatic heterocycles. The highest BCUT2D eigenvalue weighted by Gasteiger charge is 2.91. The molecule has 1 aromatic heterocycles. The highest BCUT2D eigenvalue weighted by atomic mass is 16.6. The minimum absolute atomic E-state index is 0.212. The van der Waals surface area contributed by atoms with Crippen molar-refractivity contribution in [2.24, 2.45) is 28.1 Å². The van der Waals surface area contributed by atoms with Crippen LogP contribution in [0.4, 0.5) is 0 Å². The molecular weight excluding hydrogens is 532 g/mol. The average molecular weight is 571 g/mol. The summed E-state index contributed by atoms with van der Waals surface area (Å²) in [5, 5.41) is 11.1. The molecule has 2 heterocycles. The maximum Gasteiger partial charge on any atom is 0.303 e. The van der Waals surface area contributed by atoms with E-state index in [4.69, 9.17) is 23.4 Å². The molecule has 3 saturated carbocycles.